The van der Waals surface area contributed by atoms with Crippen LogP contribution in [0.3, 0.4) is 0 Å². The highest BCUT2D eigenvalue weighted by atomic mass is 19.4. The number of hydrogen-bond donors (Lipinski definition) is 1. The Labute approximate surface area is 133 Å². The van der Waals surface area contributed by atoms with Gasteiger partial charge in [-0.3, -0.25) is 14.3 Å². The van der Waals surface area contributed by atoms with Crippen molar-refractivity contribution in [3.8, 4) is 11.3 Å². The Morgan fingerprint density at radius 2 is 1.92 bits per heavy atom. The normalized spacial score (nSPS) is 11.8. The molecular weight excluding hydrogens is 337 g/mol. The molecule has 1 N–H and O–H groups in total. The zero-order valence-corrected chi connectivity index (χ0v) is 12.3. The van der Waals surface area contributed by atoms with E-state index >= 15 is 0 Å². The van der Waals surface area contributed by atoms with Crippen LogP contribution in [0.4, 0.5) is 22.0 Å². The van der Waals surface area contributed by atoms with Gasteiger partial charge in [-0.25, -0.2) is 14.3 Å². The zero-order chi connectivity index (χ0) is 17.9. The molecule has 0 aliphatic rings. The van der Waals surface area contributed by atoms with Crippen LogP contribution in [0.25, 0.3) is 11.3 Å². The second-order valence-electron chi connectivity index (χ2n) is 4.73. The number of alkyl halides is 5. The van der Waals surface area contributed by atoms with Crippen molar-refractivity contribution >= 4 is 5.91 Å². The fourth-order valence-electron chi connectivity index (χ4n) is 2.08. The van der Waals surface area contributed by atoms with Crippen molar-refractivity contribution in [2.45, 2.75) is 12.6 Å². The van der Waals surface area contributed by atoms with E-state index in [9.17, 15) is 26.7 Å². The van der Waals surface area contributed by atoms with E-state index in [2.05, 4.69) is 9.94 Å². The molecule has 0 spiro atoms. The topological polar surface area (TPSA) is 56.2 Å². The lowest BCUT2D eigenvalue weighted by Crippen LogP contribution is -2.30. The number of amides is 1. The maximum atomic E-state index is 13.1. The molecule has 1 aromatic heterocycles. The van der Waals surface area contributed by atoms with Gasteiger partial charge in [0.1, 0.15) is 5.69 Å². The molecule has 130 valence electrons. The summed E-state index contributed by atoms with van der Waals surface area (Å²) >= 11 is 0. The van der Waals surface area contributed by atoms with Crippen LogP contribution in [0.2, 0.25) is 0 Å². The van der Waals surface area contributed by atoms with Crippen LogP contribution in [-0.4, -0.2) is 28.5 Å². The minimum Gasteiger partial charge on any atom is -0.267 e. The number of rotatable bonds is 5. The summed E-state index contributed by atoms with van der Waals surface area (Å²) in [7, 11) is 1.35. The van der Waals surface area contributed by atoms with Gasteiger partial charge in [0.25, 0.3) is 12.3 Å². The van der Waals surface area contributed by atoms with Crippen molar-refractivity contribution in [2.24, 2.45) is 7.05 Å². The smallest absolute Gasteiger partial charge is 0.267 e. The first-order valence-corrected chi connectivity index (χ1v) is 6.60. The number of nitrogens with zero attached hydrogens (tertiary/aromatic N) is 2. The summed E-state index contributed by atoms with van der Waals surface area (Å²) in [6.07, 6.45) is -7.76. The molecule has 10 heteroatoms. The van der Waals surface area contributed by atoms with Gasteiger partial charge in [-0.1, -0.05) is 30.3 Å². The Hall–Kier alpha value is -2.49. The van der Waals surface area contributed by atoms with Crippen LogP contribution in [0.5, 0.6) is 0 Å². The van der Waals surface area contributed by atoms with E-state index in [1.807, 2.05) is 0 Å². The van der Waals surface area contributed by atoms with Gasteiger partial charge in [0.15, 0.2) is 6.61 Å². The number of halogens is 5. The Kier molecular flexibility index (Phi) is 5.17. The number of hydrogen-bond acceptors (Lipinski definition) is 3. The number of carbonyl (C=O) groups excluding carboxylic acids is 1. The first-order chi connectivity index (χ1) is 11.2. The van der Waals surface area contributed by atoms with Gasteiger partial charge in [0, 0.05) is 12.6 Å². The van der Waals surface area contributed by atoms with Gasteiger partial charge in [0.05, 0.1) is 11.3 Å². The number of nitrogens with one attached hydrogen (secondary N) is 1. The fraction of sp³-hybridized carbons (Fsp3) is 0.286. The minimum atomic E-state index is -4.67. The van der Waals surface area contributed by atoms with Crippen LogP contribution in [-0.2, 0) is 11.9 Å². The van der Waals surface area contributed by atoms with E-state index in [0.717, 1.165) is 4.68 Å². The first-order valence-electron chi connectivity index (χ1n) is 6.60. The predicted molar refractivity (Wildman–Crippen MR) is 73.1 cm³/mol. The van der Waals surface area contributed by atoms with Gasteiger partial charge in [0.2, 0.25) is 0 Å². The lowest BCUT2D eigenvalue weighted by atomic mass is 10.1. The molecule has 0 radical (unpaired) electrons. The number of carbonyl (C=O) groups is 1. The molecule has 5 nitrogen and oxygen atoms in total. The third-order valence-corrected chi connectivity index (χ3v) is 2.96. The average Bonchev–Trinajstić information content (AvgIpc) is 2.84. The zero-order valence-electron chi connectivity index (χ0n) is 12.3. The SMILES string of the molecule is Cn1nc(C(F)F)c(C(=O)NOCC(F)(F)F)c1-c1ccccc1. The molecule has 1 heterocycles. The van der Waals surface area contributed by atoms with Crippen LogP contribution in [0.1, 0.15) is 22.5 Å². The Bertz CT molecular complexity index is 713. The molecule has 0 saturated heterocycles. The predicted octanol–water partition coefficient (Wildman–Crippen LogP) is 3.25. The van der Waals surface area contributed by atoms with E-state index in [4.69, 9.17) is 0 Å². The first kappa shape index (κ1) is 17.9. The maximum absolute atomic E-state index is 13.1. The van der Waals surface area contributed by atoms with E-state index in [1.54, 1.807) is 30.3 Å². The molecule has 0 atom stereocenters. The van der Waals surface area contributed by atoms with Crippen LogP contribution >= 0.6 is 0 Å². The molecule has 2 rings (SSSR count). The highest BCUT2D eigenvalue weighted by Gasteiger charge is 2.31. The molecule has 24 heavy (non-hydrogen) atoms. The molecule has 0 aliphatic carbocycles. The summed E-state index contributed by atoms with van der Waals surface area (Å²) < 4.78 is 63.5. The number of aromatic nitrogens is 2. The molecule has 1 amide bonds. The molecule has 0 unspecified atom stereocenters. The van der Waals surface area contributed by atoms with Crippen molar-refractivity contribution in [1.82, 2.24) is 15.3 Å². The van der Waals surface area contributed by atoms with Crippen LogP contribution in [0.15, 0.2) is 30.3 Å². The van der Waals surface area contributed by atoms with E-state index in [-0.39, 0.29) is 5.69 Å². The lowest BCUT2D eigenvalue weighted by molar-refractivity contribution is -0.184. The third kappa shape index (κ3) is 4.07. The fourth-order valence-corrected chi connectivity index (χ4v) is 2.08. The monoisotopic (exact) mass is 349 g/mol. The standard InChI is InChI=1S/C14H12F5N3O2/c1-22-11(8-5-3-2-4-6-8)9(10(20-22)12(15)16)13(23)21-24-7-14(17,18)19/h2-6,12H,7H2,1H3,(H,21,23). The summed E-state index contributed by atoms with van der Waals surface area (Å²) in [6, 6.07) is 8.03. The number of hydroxylamine groups is 1. The number of aryl methyl sites for hydroxylation is 1. The van der Waals surface area contributed by atoms with Crippen molar-refractivity contribution in [2.75, 3.05) is 6.61 Å². The number of benzene rings is 1. The van der Waals surface area contributed by atoms with E-state index < -0.39 is 36.4 Å². The molecule has 0 fully saturated rings. The largest absolute Gasteiger partial charge is 0.414 e. The van der Waals surface area contributed by atoms with Gasteiger partial charge in [-0.15, -0.1) is 0 Å². The van der Waals surface area contributed by atoms with Crippen molar-refractivity contribution in [1.29, 1.82) is 0 Å². The molecule has 0 aliphatic heterocycles. The third-order valence-electron chi connectivity index (χ3n) is 2.96. The van der Waals surface area contributed by atoms with Gasteiger partial charge in [-0.2, -0.15) is 18.3 Å². The van der Waals surface area contributed by atoms with Gasteiger partial charge < -0.3 is 0 Å². The Morgan fingerprint density at radius 3 is 2.46 bits per heavy atom. The molecule has 1 aromatic carbocycles. The van der Waals surface area contributed by atoms with E-state index in [1.165, 1.54) is 12.5 Å². The average molecular weight is 349 g/mol. The van der Waals surface area contributed by atoms with Crippen LogP contribution in [0, 0.1) is 0 Å². The molecule has 0 bridgehead atoms. The summed E-state index contributed by atoms with van der Waals surface area (Å²) in [5.74, 6) is -1.23. The maximum Gasteiger partial charge on any atom is 0.414 e. The summed E-state index contributed by atoms with van der Waals surface area (Å²) in [4.78, 5) is 16.1. The second kappa shape index (κ2) is 6.95. The molecule has 0 saturated carbocycles. The highest BCUT2D eigenvalue weighted by Crippen LogP contribution is 2.31. The van der Waals surface area contributed by atoms with Gasteiger partial charge in [-0.05, 0) is 0 Å². The Morgan fingerprint density at radius 1 is 1.29 bits per heavy atom. The van der Waals surface area contributed by atoms with Crippen LogP contribution < -0.4 is 5.48 Å². The van der Waals surface area contributed by atoms with E-state index in [0.29, 0.717) is 5.56 Å². The van der Waals surface area contributed by atoms with Gasteiger partial charge >= 0.3 is 6.18 Å². The quantitative estimate of drug-likeness (QED) is 0.666. The highest BCUT2D eigenvalue weighted by molar-refractivity contribution is 6.00. The minimum absolute atomic E-state index is 0.0407. The van der Waals surface area contributed by atoms with Crippen molar-refractivity contribution in [3.63, 3.8) is 0 Å². The van der Waals surface area contributed by atoms with Crippen molar-refractivity contribution < 1.29 is 31.6 Å². The summed E-state index contributed by atoms with van der Waals surface area (Å²) in [5, 5.41) is 3.59. The summed E-state index contributed by atoms with van der Waals surface area (Å²) in [5.41, 5.74) is 0.589. The lowest BCUT2D eigenvalue weighted by Gasteiger charge is -2.10. The van der Waals surface area contributed by atoms with Crippen molar-refractivity contribution in [3.05, 3.63) is 41.6 Å². The molecular formula is C14H12F5N3O2. The molecule has 2 aromatic rings. The summed E-state index contributed by atoms with van der Waals surface area (Å²) in [6.45, 7) is -1.75. The second-order valence-corrected chi connectivity index (χ2v) is 4.73. The Balaban J connectivity index is 2.38.